The first-order valence-electron chi connectivity index (χ1n) is 4.59. The summed E-state index contributed by atoms with van der Waals surface area (Å²) in [6.45, 7) is 3.46. The number of halogens is 1. The Hall–Kier alpha value is -1.43. The third-order valence-electron chi connectivity index (χ3n) is 2.05. The highest BCUT2D eigenvalue weighted by Gasteiger charge is 2.24. The normalized spacial score (nSPS) is 9.94. The monoisotopic (exact) mass is 287 g/mol. The molecule has 1 rings (SSSR count). The third-order valence-corrected chi connectivity index (χ3v) is 2.91. The van der Waals surface area contributed by atoms with Gasteiger partial charge in [0.1, 0.15) is 5.56 Å². The van der Waals surface area contributed by atoms with Crippen LogP contribution in [0.25, 0.3) is 0 Å². The summed E-state index contributed by atoms with van der Waals surface area (Å²) in [6.07, 6.45) is 0. The molecule has 1 aromatic carbocycles. The molecule has 0 aliphatic heterocycles. The summed E-state index contributed by atoms with van der Waals surface area (Å²) in [5.74, 6) is -0.673. The van der Waals surface area contributed by atoms with Crippen molar-refractivity contribution in [1.82, 2.24) is 0 Å². The van der Waals surface area contributed by atoms with Crippen LogP contribution >= 0.6 is 15.9 Å². The second-order valence-electron chi connectivity index (χ2n) is 3.04. The zero-order chi connectivity index (χ0) is 12.3. The van der Waals surface area contributed by atoms with Crippen molar-refractivity contribution >= 4 is 27.6 Å². The molecule has 0 heterocycles. The van der Waals surface area contributed by atoms with Gasteiger partial charge in [-0.25, -0.2) is 4.79 Å². The summed E-state index contributed by atoms with van der Waals surface area (Å²) in [7, 11) is 0. The first-order valence-corrected chi connectivity index (χ1v) is 5.39. The van der Waals surface area contributed by atoms with Crippen molar-refractivity contribution in [1.29, 1.82) is 0 Å². The lowest BCUT2D eigenvalue weighted by Gasteiger charge is -2.07. The Morgan fingerprint density at radius 2 is 2.19 bits per heavy atom. The van der Waals surface area contributed by atoms with Crippen LogP contribution in [0.5, 0.6) is 0 Å². The molecule has 86 valence electrons. The van der Waals surface area contributed by atoms with E-state index in [1.165, 1.54) is 12.1 Å². The number of esters is 1. The number of nitro groups is 1. The number of carbonyl (C=O) groups excluding carboxylic acids is 1. The van der Waals surface area contributed by atoms with Gasteiger partial charge in [0.2, 0.25) is 0 Å². The molecule has 0 saturated heterocycles. The number of benzene rings is 1. The minimum Gasteiger partial charge on any atom is -0.462 e. The molecule has 0 N–H and O–H groups in total. The van der Waals surface area contributed by atoms with E-state index in [9.17, 15) is 14.9 Å². The quantitative estimate of drug-likeness (QED) is 0.487. The summed E-state index contributed by atoms with van der Waals surface area (Å²) >= 11 is 3.22. The fourth-order valence-corrected chi connectivity index (χ4v) is 1.62. The first kappa shape index (κ1) is 12.6. The van der Waals surface area contributed by atoms with Crippen LogP contribution in [0.4, 0.5) is 5.69 Å². The summed E-state index contributed by atoms with van der Waals surface area (Å²) in [4.78, 5) is 21.8. The van der Waals surface area contributed by atoms with Crippen molar-refractivity contribution in [2.75, 3.05) is 6.61 Å². The number of ether oxygens (including phenoxy) is 1. The molecule has 5 nitrogen and oxygen atoms in total. The van der Waals surface area contributed by atoms with E-state index in [4.69, 9.17) is 4.74 Å². The summed E-state index contributed by atoms with van der Waals surface area (Å²) in [6, 6.07) is 2.82. The molecule has 0 aromatic heterocycles. The fourth-order valence-electron chi connectivity index (χ4n) is 1.29. The van der Waals surface area contributed by atoms with Gasteiger partial charge in [0.25, 0.3) is 5.69 Å². The standard InChI is InChI=1S/C10H10BrNO4/c1-3-16-10(13)9-6(2)7(11)4-5-8(9)12(14)15/h4-5H,3H2,1-2H3. The smallest absolute Gasteiger partial charge is 0.345 e. The lowest BCUT2D eigenvalue weighted by Crippen LogP contribution is -2.10. The lowest BCUT2D eigenvalue weighted by molar-refractivity contribution is -0.385. The van der Waals surface area contributed by atoms with Crippen molar-refractivity contribution in [3.8, 4) is 0 Å². The van der Waals surface area contributed by atoms with Gasteiger partial charge in [-0.3, -0.25) is 10.1 Å². The largest absolute Gasteiger partial charge is 0.462 e. The van der Waals surface area contributed by atoms with Crippen LogP contribution in [0, 0.1) is 17.0 Å². The molecule has 0 aliphatic rings. The van der Waals surface area contributed by atoms with Crippen LogP contribution in [0.15, 0.2) is 16.6 Å². The van der Waals surface area contributed by atoms with Crippen LogP contribution in [0.1, 0.15) is 22.8 Å². The summed E-state index contributed by atoms with van der Waals surface area (Å²) in [5.41, 5.74) is 0.271. The maximum atomic E-state index is 11.6. The van der Waals surface area contributed by atoms with Crippen molar-refractivity contribution in [3.05, 3.63) is 37.8 Å². The molecule has 0 atom stereocenters. The maximum Gasteiger partial charge on any atom is 0.345 e. The van der Waals surface area contributed by atoms with Crippen LogP contribution in [0.2, 0.25) is 0 Å². The molecule has 0 fully saturated rings. The van der Waals surface area contributed by atoms with Crippen molar-refractivity contribution in [3.63, 3.8) is 0 Å². The van der Waals surface area contributed by atoms with E-state index in [0.717, 1.165) is 0 Å². The fraction of sp³-hybridized carbons (Fsp3) is 0.300. The highest BCUT2D eigenvalue weighted by Crippen LogP contribution is 2.28. The van der Waals surface area contributed by atoms with E-state index in [-0.39, 0.29) is 17.9 Å². The Balaban J connectivity index is 3.37. The van der Waals surface area contributed by atoms with E-state index in [0.29, 0.717) is 10.0 Å². The van der Waals surface area contributed by atoms with Crippen molar-refractivity contribution < 1.29 is 14.5 Å². The van der Waals surface area contributed by atoms with E-state index < -0.39 is 10.9 Å². The Bertz CT molecular complexity index is 445. The molecular formula is C10H10BrNO4. The van der Waals surface area contributed by atoms with Crippen LogP contribution < -0.4 is 0 Å². The first-order chi connectivity index (χ1) is 7.49. The molecule has 0 bridgehead atoms. The number of hydrogen-bond acceptors (Lipinski definition) is 4. The van der Waals surface area contributed by atoms with Crippen LogP contribution in [0.3, 0.4) is 0 Å². The van der Waals surface area contributed by atoms with Gasteiger partial charge in [0.05, 0.1) is 11.5 Å². The molecule has 1 aromatic rings. The Morgan fingerprint density at radius 3 is 2.69 bits per heavy atom. The number of hydrogen-bond donors (Lipinski definition) is 0. The number of nitro benzene ring substituents is 1. The van der Waals surface area contributed by atoms with Gasteiger partial charge in [-0.2, -0.15) is 0 Å². The van der Waals surface area contributed by atoms with E-state index in [1.54, 1.807) is 13.8 Å². The van der Waals surface area contributed by atoms with Gasteiger partial charge in [-0.15, -0.1) is 0 Å². The average Bonchev–Trinajstić information content (AvgIpc) is 2.21. The van der Waals surface area contributed by atoms with Crippen molar-refractivity contribution in [2.24, 2.45) is 0 Å². The lowest BCUT2D eigenvalue weighted by atomic mass is 10.1. The molecule has 0 unspecified atom stereocenters. The average molecular weight is 288 g/mol. The van der Waals surface area contributed by atoms with E-state index in [2.05, 4.69) is 15.9 Å². The van der Waals surface area contributed by atoms with E-state index in [1.807, 2.05) is 0 Å². The Kier molecular flexibility index (Phi) is 4.00. The third kappa shape index (κ3) is 2.38. The van der Waals surface area contributed by atoms with Gasteiger partial charge in [0, 0.05) is 10.5 Å². The highest BCUT2D eigenvalue weighted by atomic mass is 79.9. The van der Waals surface area contributed by atoms with Gasteiger partial charge < -0.3 is 4.74 Å². The Labute approximate surface area is 101 Å². The zero-order valence-corrected chi connectivity index (χ0v) is 10.4. The predicted octanol–water partition coefficient (Wildman–Crippen LogP) is 2.84. The van der Waals surface area contributed by atoms with Crippen LogP contribution in [-0.2, 0) is 4.74 Å². The van der Waals surface area contributed by atoms with E-state index >= 15 is 0 Å². The van der Waals surface area contributed by atoms with Gasteiger partial charge in [-0.1, -0.05) is 15.9 Å². The number of carbonyl (C=O) groups is 1. The van der Waals surface area contributed by atoms with Crippen LogP contribution in [-0.4, -0.2) is 17.5 Å². The molecule has 16 heavy (non-hydrogen) atoms. The maximum absolute atomic E-state index is 11.6. The predicted molar refractivity (Wildman–Crippen MR) is 61.5 cm³/mol. The van der Waals surface area contributed by atoms with Gasteiger partial charge in [-0.05, 0) is 25.5 Å². The zero-order valence-electron chi connectivity index (χ0n) is 8.82. The minimum atomic E-state index is -0.673. The van der Waals surface area contributed by atoms with Gasteiger partial charge >= 0.3 is 5.97 Å². The SMILES string of the molecule is CCOC(=O)c1c([N+](=O)[O-])ccc(Br)c1C. The van der Waals surface area contributed by atoms with Crippen molar-refractivity contribution in [2.45, 2.75) is 13.8 Å². The number of rotatable bonds is 3. The molecule has 0 aliphatic carbocycles. The highest BCUT2D eigenvalue weighted by molar-refractivity contribution is 9.10. The summed E-state index contributed by atoms with van der Waals surface area (Å²) < 4.78 is 5.43. The molecule has 0 saturated carbocycles. The van der Waals surface area contributed by atoms with Gasteiger partial charge in [0.15, 0.2) is 0 Å². The molecule has 6 heteroatoms. The molecule has 0 radical (unpaired) electrons. The topological polar surface area (TPSA) is 69.4 Å². The molecular weight excluding hydrogens is 278 g/mol. The molecule has 0 amide bonds. The summed E-state index contributed by atoms with van der Waals surface area (Å²) in [5, 5.41) is 10.8. The second-order valence-corrected chi connectivity index (χ2v) is 3.90. The Morgan fingerprint density at radius 1 is 1.56 bits per heavy atom. The number of nitrogens with zero attached hydrogens (tertiary/aromatic N) is 1. The minimum absolute atomic E-state index is 0.00113. The molecule has 0 spiro atoms. The second kappa shape index (κ2) is 5.07.